The number of alkyl halides is 2. The molecule has 3 atom stereocenters. The number of hydrogen-bond acceptors (Lipinski definition) is 8. The van der Waals surface area contributed by atoms with Crippen LogP contribution in [0.3, 0.4) is 0 Å². The van der Waals surface area contributed by atoms with Crippen LogP contribution in [0.15, 0.2) is 12.4 Å². The van der Waals surface area contributed by atoms with E-state index in [0.29, 0.717) is 30.9 Å². The van der Waals surface area contributed by atoms with Gasteiger partial charge in [0.2, 0.25) is 5.95 Å². The van der Waals surface area contributed by atoms with Crippen LogP contribution >= 0.6 is 0 Å². The van der Waals surface area contributed by atoms with Crippen LogP contribution in [0, 0.1) is 11.3 Å². The van der Waals surface area contributed by atoms with Crippen molar-refractivity contribution in [2.24, 2.45) is 11.3 Å². The molecule has 3 fully saturated rings. The van der Waals surface area contributed by atoms with Gasteiger partial charge in [0.25, 0.3) is 5.92 Å². The third-order valence-electron chi connectivity index (χ3n) is 7.54. The summed E-state index contributed by atoms with van der Waals surface area (Å²) in [4.78, 5) is 11.4. The number of tetrazole rings is 1. The molecule has 0 aromatic carbocycles. The van der Waals surface area contributed by atoms with Crippen LogP contribution in [0.4, 0.5) is 14.7 Å². The molecule has 9 nitrogen and oxygen atoms in total. The Hall–Kier alpha value is -2.27. The number of nitrogens with one attached hydrogen (secondary N) is 1. The van der Waals surface area contributed by atoms with Crippen LogP contribution in [0.25, 0.3) is 0 Å². The average molecular weight is 491 g/mol. The molecule has 2 aromatic heterocycles. The van der Waals surface area contributed by atoms with Crippen molar-refractivity contribution in [3.8, 4) is 0 Å². The van der Waals surface area contributed by atoms with Gasteiger partial charge in [0.15, 0.2) is 5.82 Å². The number of anilines is 1. The maximum atomic E-state index is 13.7. The summed E-state index contributed by atoms with van der Waals surface area (Å²) < 4.78 is 34.4. The van der Waals surface area contributed by atoms with E-state index in [2.05, 4.69) is 63.4 Å². The zero-order valence-corrected chi connectivity index (χ0v) is 21.0. The normalized spacial score (nSPS) is 29.5. The molecule has 3 aliphatic rings. The van der Waals surface area contributed by atoms with Gasteiger partial charge < -0.3 is 9.64 Å². The Bertz CT molecular complexity index is 1010. The minimum atomic E-state index is -2.66. The van der Waals surface area contributed by atoms with E-state index in [0.717, 1.165) is 31.5 Å². The molecule has 0 spiro atoms. The van der Waals surface area contributed by atoms with Crippen molar-refractivity contribution in [2.75, 3.05) is 31.2 Å². The molecule has 2 aromatic rings. The summed E-state index contributed by atoms with van der Waals surface area (Å²) in [5, 5.41) is 16.2. The topological polar surface area (TPSA) is 93.9 Å². The molecule has 1 aliphatic heterocycles. The van der Waals surface area contributed by atoms with Crippen molar-refractivity contribution in [1.82, 2.24) is 35.5 Å². The number of rotatable bonds is 6. The average Bonchev–Trinajstić information content (AvgIpc) is 3.24. The Kier molecular flexibility index (Phi) is 6.27. The van der Waals surface area contributed by atoms with Gasteiger partial charge in [-0.2, -0.15) is 0 Å². The van der Waals surface area contributed by atoms with Gasteiger partial charge in [-0.25, -0.2) is 23.4 Å². The van der Waals surface area contributed by atoms with E-state index < -0.39 is 18.0 Å². The van der Waals surface area contributed by atoms with E-state index in [1.165, 1.54) is 6.42 Å². The smallest absolute Gasteiger partial charge is 0.252 e. The molecule has 1 N–H and O–H groups in total. The summed E-state index contributed by atoms with van der Waals surface area (Å²) in [5.74, 6) is -0.912. The molecule has 0 bridgehead atoms. The van der Waals surface area contributed by atoms with E-state index in [1.807, 2.05) is 12.4 Å². The summed E-state index contributed by atoms with van der Waals surface area (Å²) in [6.45, 7) is 11.9. The Morgan fingerprint density at radius 2 is 1.74 bits per heavy atom. The fourth-order valence-electron chi connectivity index (χ4n) is 6.60. The molecule has 0 radical (unpaired) electrons. The molecule has 5 rings (SSSR count). The van der Waals surface area contributed by atoms with Gasteiger partial charge in [-0.1, -0.05) is 20.8 Å². The van der Waals surface area contributed by atoms with Gasteiger partial charge in [-0.3, -0.25) is 5.32 Å². The number of morpholine rings is 1. The summed E-state index contributed by atoms with van der Waals surface area (Å²) in [6, 6.07) is -0.827. The molecule has 1 saturated heterocycles. The molecule has 35 heavy (non-hydrogen) atoms. The second-order valence-electron chi connectivity index (χ2n) is 11.8. The van der Waals surface area contributed by atoms with Crippen molar-refractivity contribution in [3.05, 3.63) is 23.8 Å². The van der Waals surface area contributed by atoms with Gasteiger partial charge in [-0.05, 0) is 47.9 Å². The predicted octanol–water partition coefficient (Wildman–Crippen LogP) is 3.55. The number of nitrogens with zero attached hydrogens (tertiary/aromatic N) is 7. The fraction of sp³-hybridized carbons (Fsp3) is 0.792. The minimum Gasteiger partial charge on any atom is -0.378 e. The van der Waals surface area contributed by atoms with Crippen LogP contribution in [0.5, 0.6) is 0 Å². The van der Waals surface area contributed by atoms with Crippen LogP contribution in [-0.2, 0) is 4.74 Å². The first-order valence-corrected chi connectivity index (χ1v) is 12.6. The molecule has 0 amide bonds. The number of halogens is 2. The first-order chi connectivity index (χ1) is 16.5. The Morgan fingerprint density at radius 3 is 2.37 bits per heavy atom. The molecule has 2 saturated carbocycles. The maximum Gasteiger partial charge on any atom is 0.252 e. The molecule has 2 aliphatic carbocycles. The van der Waals surface area contributed by atoms with E-state index in [1.54, 1.807) is 4.68 Å². The first-order valence-electron chi connectivity index (χ1n) is 12.6. The van der Waals surface area contributed by atoms with Gasteiger partial charge in [0.1, 0.15) is 0 Å². The van der Waals surface area contributed by atoms with Crippen molar-refractivity contribution < 1.29 is 13.5 Å². The van der Waals surface area contributed by atoms with E-state index in [9.17, 15) is 8.78 Å². The highest BCUT2D eigenvalue weighted by Gasteiger charge is 2.49. The lowest BCUT2D eigenvalue weighted by molar-refractivity contribution is -0.108. The van der Waals surface area contributed by atoms with E-state index >= 15 is 0 Å². The van der Waals surface area contributed by atoms with E-state index in [4.69, 9.17) is 4.74 Å². The largest absolute Gasteiger partial charge is 0.378 e. The van der Waals surface area contributed by atoms with Crippen LogP contribution < -0.4 is 10.2 Å². The summed E-state index contributed by atoms with van der Waals surface area (Å²) in [6.07, 6.45) is 6.28. The third-order valence-corrected chi connectivity index (χ3v) is 7.54. The minimum absolute atomic E-state index is 0.183. The Morgan fingerprint density at radius 1 is 1.06 bits per heavy atom. The lowest BCUT2D eigenvalue weighted by atomic mass is 9.64. The summed E-state index contributed by atoms with van der Waals surface area (Å²) in [5.41, 5.74) is 0.818. The lowest BCUT2D eigenvalue weighted by Gasteiger charge is -2.48. The van der Waals surface area contributed by atoms with Crippen molar-refractivity contribution in [3.63, 3.8) is 0 Å². The number of hydrogen-bond donors (Lipinski definition) is 1. The van der Waals surface area contributed by atoms with Gasteiger partial charge in [-0.15, -0.1) is 5.10 Å². The molecule has 11 heteroatoms. The van der Waals surface area contributed by atoms with Crippen molar-refractivity contribution >= 4 is 5.95 Å². The molecular weight excluding hydrogens is 454 g/mol. The quantitative estimate of drug-likeness (QED) is 0.657. The number of aromatic nitrogens is 6. The molecule has 192 valence electrons. The maximum absolute atomic E-state index is 13.7. The van der Waals surface area contributed by atoms with Crippen molar-refractivity contribution in [1.29, 1.82) is 0 Å². The first kappa shape index (κ1) is 24.4. The highest BCUT2D eigenvalue weighted by molar-refractivity contribution is 5.32. The number of ether oxygens (including phenoxy) is 1. The summed E-state index contributed by atoms with van der Waals surface area (Å²) in [7, 11) is 0. The Labute approximate surface area is 205 Å². The second kappa shape index (κ2) is 8.99. The van der Waals surface area contributed by atoms with Gasteiger partial charge >= 0.3 is 0 Å². The lowest BCUT2D eigenvalue weighted by Crippen LogP contribution is -2.52. The summed E-state index contributed by atoms with van der Waals surface area (Å²) >= 11 is 0. The second-order valence-corrected chi connectivity index (χ2v) is 11.8. The predicted molar refractivity (Wildman–Crippen MR) is 126 cm³/mol. The zero-order chi connectivity index (χ0) is 24.8. The van der Waals surface area contributed by atoms with Crippen LogP contribution in [0.1, 0.15) is 83.3 Å². The van der Waals surface area contributed by atoms with Crippen molar-refractivity contribution in [2.45, 2.75) is 83.3 Å². The standard InChI is InChI=1S/C24H36F2N8O/c1-16-9-22(2,3)15-23(4,10-16)29-19(20-30-31-32-34(20)18-11-24(25,26)12-18)17-13-27-21(28-14-17)33-5-7-35-8-6-33/h13-14,16,18-19,29H,5-12,15H2,1-4H3/t16-,19?,23-/m1/s1. The van der Waals surface area contributed by atoms with Crippen LogP contribution in [0.2, 0.25) is 0 Å². The van der Waals surface area contributed by atoms with Gasteiger partial charge in [0, 0.05) is 49.4 Å². The molecular formula is C24H36F2N8O. The third kappa shape index (κ3) is 5.30. The monoisotopic (exact) mass is 490 g/mol. The molecule has 1 unspecified atom stereocenters. The SMILES string of the molecule is C[C@@H]1CC(C)(C)C[C@](C)(NC(c2cnc(N3CCOCC3)nc2)c2nnnn2C2CC(F)(F)C2)C1. The highest BCUT2D eigenvalue weighted by Crippen LogP contribution is 2.47. The highest BCUT2D eigenvalue weighted by atomic mass is 19.3. The molecule has 3 heterocycles. The van der Waals surface area contributed by atoms with Gasteiger partial charge in [0.05, 0.1) is 25.3 Å². The Balaban J connectivity index is 1.46. The van der Waals surface area contributed by atoms with Crippen LogP contribution in [-0.4, -0.2) is 67.9 Å². The van der Waals surface area contributed by atoms with E-state index in [-0.39, 0.29) is 23.8 Å². The fourth-order valence-corrected chi connectivity index (χ4v) is 6.60. The zero-order valence-electron chi connectivity index (χ0n) is 21.0.